The number of hydrogen-bond acceptors (Lipinski definition) is 5. The molecule has 5 nitrogen and oxygen atoms in total. The summed E-state index contributed by atoms with van der Waals surface area (Å²) in [5.41, 5.74) is 1.37. The third-order valence-electron chi connectivity index (χ3n) is 2.36. The maximum atomic E-state index is 8.77. The molecule has 0 radical (unpaired) electrons. The minimum Gasteiger partial charge on any atom is -0.411 e. The van der Waals surface area contributed by atoms with Crippen LogP contribution >= 0.6 is 34.5 Å². The molecule has 2 aromatic rings. The number of hydrogen-bond donors (Lipinski definition) is 1. The second-order valence-electron chi connectivity index (χ2n) is 3.66. The van der Waals surface area contributed by atoms with Gasteiger partial charge in [0.25, 0.3) is 0 Å². The Balaban J connectivity index is 2.28. The summed E-state index contributed by atoms with van der Waals surface area (Å²) >= 11 is 13.2. The van der Waals surface area contributed by atoms with Crippen LogP contribution in [0.15, 0.2) is 11.5 Å². The molecule has 0 unspecified atom stereocenters. The van der Waals surface area contributed by atoms with Crippen molar-refractivity contribution in [2.24, 2.45) is 5.16 Å². The molecule has 0 fully saturated rings. The van der Waals surface area contributed by atoms with Gasteiger partial charge in [0, 0.05) is 0 Å². The molecule has 0 saturated heterocycles. The summed E-state index contributed by atoms with van der Waals surface area (Å²) in [6.45, 7) is 4.08. The van der Waals surface area contributed by atoms with Gasteiger partial charge in [-0.25, -0.2) is 9.97 Å². The van der Waals surface area contributed by atoms with Gasteiger partial charge in [0.05, 0.1) is 29.2 Å². The van der Waals surface area contributed by atoms with Crippen molar-refractivity contribution in [1.29, 1.82) is 0 Å². The molecular formula is C10H10Cl2N4OS. The summed E-state index contributed by atoms with van der Waals surface area (Å²) in [6, 6.07) is 0. The van der Waals surface area contributed by atoms with E-state index in [0.717, 1.165) is 15.6 Å². The predicted molar refractivity (Wildman–Crippen MR) is 72.2 cm³/mol. The standard InChI is InChI=1S/C10H10Cl2N4OS/c1-5-8(6(2)15-17)18-7(14-5)3-16-4-13-9(11)10(16)12/h4,17H,3H2,1-2H3/b15-6+. The van der Waals surface area contributed by atoms with Crippen LogP contribution in [0.25, 0.3) is 0 Å². The normalized spacial score (nSPS) is 12.1. The SMILES string of the molecule is C/C(=N\O)c1sc(Cn2cnc(Cl)c2Cl)nc1C. The second-order valence-corrected chi connectivity index (χ2v) is 5.46. The van der Waals surface area contributed by atoms with Crippen LogP contribution < -0.4 is 0 Å². The molecule has 96 valence electrons. The Hall–Kier alpha value is -1.11. The number of thiazole rings is 1. The highest BCUT2D eigenvalue weighted by Crippen LogP contribution is 2.24. The molecule has 0 aromatic carbocycles. The van der Waals surface area contributed by atoms with Gasteiger partial charge in [-0.1, -0.05) is 28.4 Å². The molecule has 0 bridgehead atoms. The zero-order chi connectivity index (χ0) is 13.3. The zero-order valence-electron chi connectivity index (χ0n) is 9.68. The van der Waals surface area contributed by atoms with E-state index < -0.39 is 0 Å². The Kier molecular flexibility index (Phi) is 3.89. The average molecular weight is 305 g/mol. The fraction of sp³-hybridized carbons (Fsp3) is 0.300. The molecule has 2 rings (SSSR count). The van der Waals surface area contributed by atoms with Gasteiger partial charge in [-0.3, -0.25) is 0 Å². The van der Waals surface area contributed by atoms with Crippen LogP contribution in [0.3, 0.4) is 0 Å². The minimum absolute atomic E-state index is 0.276. The smallest absolute Gasteiger partial charge is 0.166 e. The van der Waals surface area contributed by atoms with Crippen LogP contribution in [-0.4, -0.2) is 25.5 Å². The predicted octanol–water partition coefficient (Wildman–Crippen LogP) is 3.20. The van der Waals surface area contributed by atoms with Gasteiger partial charge in [0.15, 0.2) is 5.15 Å². The molecule has 18 heavy (non-hydrogen) atoms. The third-order valence-corrected chi connectivity index (χ3v) is 4.38. The van der Waals surface area contributed by atoms with Crippen LogP contribution in [0.4, 0.5) is 0 Å². The maximum Gasteiger partial charge on any atom is 0.166 e. The Bertz CT molecular complexity index is 605. The fourth-order valence-corrected chi connectivity index (χ4v) is 2.81. The lowest BCUT2D eigenvalue weighted by Gasteiger charge is -1.99. The fourth-order valence-electron chi connectivity index (χ4n) is 1.50. The van der Waals surface area contributed by atoms with Gasteiger partial charge in [0.1, 0.15) is 10.2 Å². The number of aromatic nitrogens is 3. The van der Waals surface area contributed by atoms with Crippen molar-refractivity contribution in [2.75, 3.05) is 0 Å². The topological polar surface area (TPSA) is 63.3 Å². The van der Waals surface area contributed by atoms with Crippen LogP contribution in [0, 0.1) is 6.92 Å². The van der Waals surface area contributed by atoms with Crippen molar-refractivity contribution in [2.45, 2.75) is 20.4 Å². The van der Waals surface area contributed by atoms with Crippen LogP contribution in [-0.2, 0) is 6.54 Å². The molecular weight excluding hydrogens is 295 g/mol. The van der Waals surface area contributed by atoms with E-state index in [1.54, 1.807) is 17.8 Å². The zero-order valence-corrected chi connectivity index (χ0v) is 12.0. The first kappa shape index (κ1) is 13.3. The lowest BCUT2D eigenvalue weighted by atomic mass is 10.3. The second kappa shape index (κ2) is 5.26. The number of oxime groups is 1. The van der Waals surface area contributed by atoms with Crippen LogP contribution in [0.5, 0.6) is 0 Å². The molecule has 1 N–H and O–H groups in total. The highest BCUT2D eigenvalue weighted by molar-refractivity contribution is 7.13. The lowest BCUT2D eigenvalue weighted by molar-refractivity contribution is 0.319. The minimum atomic E-state index is 0.276. The van der Waals surface area contributed by atoms with Crippen molar-refractivity contribution in [1.82, 2.24) is 14.5 Å². The monoisotopic (exact) mass is 304 g/mol. The first-order valence-corrected chi connectivity index (χ1v) is 6.61. The highest BCUT2D eigenvalue weighted by atomic mass is 35.5. The Morgan fingerprint density at radius 1 is 1.56 bits per heavy atom. The number of imidazole rings is 1. The van der Waals surface area contributed by atoms with Crippen LogP contribution in [0.2, 0.25) is 10.3 Å². The molecule has 0 saturated carbocycles. The van der Waals surface area contributed by atoms with E-state index in [4.69, 9.17) is 28.4 Å². The summed E-state index contributed by atoms with van der Waals surface area (Å²) < 4.78 is 1.71. The van der Waals surface area contributed by atoms with Crippen molar-refractivity contribution >= 4 is 40.3 Å². The van der Waals surface area contributed by atoms with E-state index in [-0.39, 0.29) is 5.15 Å². The van der Waals surface area contributed by atoms with E-state index in [0.29, 0.717) is 17.4 Å². The van der Waals surface area contributed by atoms with Crippen molar-refractivity contribution in [3.63, 3.8) is 0 Å². The van der Waals surface area contributed by atoms with E-state index in [2.05, 4.69) is 15.1 Å². The quantitative estimate of drug-likeness (QED) is 0.538. The van der Waals surface area contributed by atoms with Gasteiger partial charge in [-0.2, -0.15) is 0 Å². The van der Waals surface area contributed by atoms with E-state index in [1.165, 1.54) is 11.3 Å². The summed E-state index contributed by atoms with van der Waals surface area (Å²) in [7, 11) is 0. The largest absolute Gasteiger partial charge is 0.411 e. The molecule has 8 heteroatoms. The number of halogens is 2. The molecule has 0 aliphatic heterocycles. The number of nitrogens with zero attached hydrogens (tertiary/aromatic N) is 4. The average Bonchev–Trinajstić information content (AvgIpc) is 2.86. The highest BCUT2D eigenvalue weighted by Gasteiger charge is 2.13. The Morgan fingerprint density at radius 3 is 2.83 bits per heavy atom. The van der Waals surface area contributed by atoms with Gasteiger partial charge >= 0.3 is 0 Å². The molecule has 0 atom stereocenters. The van der Waals surface area contributed by atoms with Crippen LogP contribution in [0.1, 0.15) is 22.5 Å². The van der Waals surface area contributed by atoms with Crippen molar-refractivity contribution in [3.8, 4) is 0 Å². The molecule has 0 amide bonds. The van der Waals surface area contributed by atoms with Gasteiger partial charge in [0.2, 0.25) is 0 Å². The van der Waals surface area contributed by atoms with Gasteiger partial charge in [-0.15, -0.1) is 11.3 Å². The van der Waals surface area contributed by atoms with Crippen molar-refractivity contribution < 1.29 is 5.21 Å². The molecule has 0 aliphatic rings. The van der Waals surface area contributed by atoms with E-state index in [1.807, 2.05) is 6.92 Å². The van der Waals surface area contributed by atoms with Gasteiger partial charge < -0.3 is 9.77 Å². The summed E-state index contributed by atoms with van der Waals surface area (Å²) in [6.07, 6.45) is 1.56. The Labute approximate surface area is 118 Å². The molecule has 0 aliphatic carbocycles. The Morgan fingerprint density at radius 2 is 2.28 bits per heavy atom. The number of rotatable bonds is 3. The third kappa shape index (κ3) is 2.50. The first-order chi connectivity index (χ1) is 8.52. The lowest BCUT2D eigenvalue weighted by Crippen LogP contribution is -1.97. The van der Waals surface area contributed by atoms with Gasteiger partial charge in [-0.05, 0) is 13.8 Å². The summed E-state index contributed by atoms with van der Waals surface area (Å²) in [5.74, 6) is 0. The first-order valence-electron chi connectivity index (χ1n) is 5.04. The summed E-state index contributed by atoms with van der Waals surface area (Å²) in [4.78, 5) is 9.16. The molecule has 2 heterocycles. The number of aryl methyl sites for hydroxylation is 1. The van der Waals surface area contributed by atoms with Crippen molar-refractivity contribution in [3.05, 3.63) is 32.2 Å². The molecule has 2 aromatic heterocycles. The molecule has 0 spiro atoms. The summed E-state index contributed by atoms with van der Waals surface area (Å²) in [5, 5.41) is 13.5. The maximum absolute atomic E-state index is 8.77. The van der Waals surface area contributed by atoms with E-state index >= 15 is 0 Å². The van der Waals surface area contributed by atoms with E-state index in [9.17, 15) is 0 Å².